The van der Waals surface area contributed by atoms with E-state index in [0.29, 0.717) is 10.9 Å². The molecule has 122 valence electrons. The first-order valence-corrected chi connectivity index (χ1v) is 8.64. The van der Waals surface area contributed by atoms with Gasteiger partial charge >= 0.3 is 0 Å². The van der Waals surface area contributed by atoms with Crippen LogP contribution in [0.5, 0.6) is 5.75 Å². The van der Waals surface area contributed by atoms with Crippen LogP contribution in [-0.2, 0) is 5.41 Å². The van der Waals surface area contributed by atoms with Crippen LogP contribution in [0, 0.1) is 5.92 Å². The van der Waals surface area contributed by atoms with Gasteiger partial charge in [-0.15, -0.1) is 0 Å². The molecule has 1 heterocycles. The molecule has 2 aromatic rings. The zero-order chi connectivity index (χ0) is 16.3. The van der Waals surface area contributed by atoms with Crippen molar-refractivity contribution in [2.45, 2.75) is 25.7 Å². The van der Waals surface area contributed by atoms with Crippen LogP contribution in [0.1, 0.15) is 31.4 Å². The smallest absolute Gasteiger partial charge is 0.137 e. The summed E-state index contributed by atoms with van der Waals surface area (Å²) < 4.78 is 5.92. The van der Waals surface area contributed by atoms with Crippen molar-refractivity contribution in [1.82, 2.24) is 5.32 Å². The van der Waals surface area contributed by atoms with Crippen LogP contribution in [0.4, 0.5) is 0 Å². The van der Waals surface area contributed by atoms with Crippen molar-refractivity contribution < 1.29 is 4.74 Å². The lowest BCUT2D eigenvalue weighted by molar-refractivity contribution is 0.260. The molecule has 3 rings (SSSR count). The highest BCUT2D eigenvalue weighted by molar-refractivity contribution is 6.32. The third-order valence-electron chi connectivity index (χ3n) is 4.79. The van der Waals surface area contributed by atoms with Gasteiger partial charge in [-0.25, -0.2) is 0 Å². The molecular weight excluding hydrogens is 306 g/mol. The Hall–Kier alpha value is -1.51. The predicted octanol–water partition coefficient (Wildman–Crippen LogP) is 4.65. The van der Waals surface area contributed by atoms with Gasteiger partial charge in [0, 0.05) is 17.9 Å². The molecule has 3 heteroatoms. The summed E-state index contributed by atoms with van der Waals surface area (Å²) in [4.78, 5) is 0. The molecule has 0 bridgehead atoms. The first-order valence-electron chi connectivity index (χ1n) is 8.26. The van der Waals surface area contributed by atoms with E-state index in [1.807, 2.05) is 18.2 Å². The molecule has 0 amide bonds. The Bertz CT molecular complexity index is 648. The molecule has 1 N–H and O–H groups in total. The normalized spacial score (nSPS) is 18.1. The van der Waals surface area contributed by atoms with Gasteiger partial charge < -0.3 is 10.1 Å². The lowest BCUT2D eigenvalue weighted by Gasteiger charge is -2.26. The highest BCUT2D eigenvalue weighted by Crippen LogP contribution is 2.35. The van der Waals surface area contributed by atoms with E-state index in [1.54, 1.807) is 0 Å². The third-order valence-corrected chi connectivity index (χ3v) is 5.08. The van der Waals surface area contributed by atoms with Crippen molar-refractivity contribution in [1.29, 1.82) is 0 Å². The van der Waals surface area contributed by atoms with E-state index in [2.05, 4.69) is 49.5 Å². The van der Waals surface area contributed by atoms with Gasteiger partial charge in [-0.3, -0.25) is 0 Å². The molecule has 1 aliphatic rings. The lowest BCUT2D eigenvalue weighted by atomic mass is 9.78. The molecule has 1 saturated heterocycles. The Morgan fingerprint density at radius 3 is 2.57 bits per heavy atom. The van der Waals surface area contributed by atoms with Gasteiger partial charge in [0.2, 0.25) is 0 Å². The molecule has 1 atom stereocenters. The Morgan fingerprint density at radius 2 is 1.91 bits per heavy atom. The summed E-state index contributed by atoms with van der Waals surface area (Å²) in [7, 11) is 0. The third kappa shape index (κ3) is 3.70. The zero-order valence-corrected chi connectivity index (χ0v) is 14.6. The molecule has 1 fully saturated rings. The number of hydrogen-bond donors (Lipinski definition) is 1. The van der Waals surface area contributed by atoms with E-state index < -0.39 is 0 Å². The zero-order valence-electron chi connectivity index (χ0n) is 13.8. The lowest BCUT2D eigenvalue weighted by Crippen LogP contribution is -2.19. The Kier molecular flexibility index (Phi) is 4.93. The summed E-state index contributed by atoms with van der Waals surface area (Å²) >= 11 is 6.47. The fourth-order valence-electron chi connectivity index (χ4n) is 3.09. The van der Waals surface area contributed by atoms with Crippen LogP contribution in [-0.4, -0.2) is 19.7 Å². The molecule has 0 saturated carbocycles. The summed E-state index contributed by atoms with van der Waals surface area (Å²) in [6, 6.07) is 16.7. The molecule has 0 aromatic heterocycles. The minimum atomic E-state index is -0.0845. The number of nitrogens with one attached hydrogen (secondary N) is 1. The van der Waals surface area contributed by atoms with E-state index in [9.17, 15) is 0 Å². The van der Waals surface area contributed by atoms with E-state index in [-0.39, 0.29) is 5.41 Å². The first-order chi connectivity index (χ1) is 11.1. The van der Waals surface area contributed by atoms with Crippen molar-refractivity contribution in [2.24, 2.45) is 5.92 Å². The second-order valence-electron chi connectivity index (χ2n) is 6.81. The van der Waals surface area contributed by atoms with Gasteiger partial charge in [0.25, 0.3) is 0 Å². The van der Waals surface area contributed by atoms with Crippen molar-refractivity contribution in [3.63, 3.8) is 0 Å². The Balaban J connectivity index is 1.75. The van der Waals surface area contributed by atoms with Crippen LogP contribution in [0.15, 0.2) is 48.5 Å². The van der Waals surface area contributed by atoms with E-state index in [4.69, 9.17) is 16.3 Å². The van der Waals surface area contributed by atoms with Crippen LogP contribution in [0.25, 0.3) is 0 Å². The number of halogens is 1. The molecule has 1 unspecified atom stereocenters. The summed E-state index contributed by atoms with van der Waals surface area (Å²) in [6.07, 6.45) is 1.18. The number of ether oxygens (including phenoxy) is 1. The van der Waals surface area contributed by atoms with Crippen LogP contribution >= 0.6 is 11.6 Å². The number of rotatable bonds is 5. The fraction of sp³-hybridized carbons (Fsp3) is 0.400. The Morgan fingerprint density at radius 1 is 1.13 bits per heavy atom. The maximum atomic E-state index is 6.47. The van der Waals surface area contributed by atoms with E-state index in [0.717, 1.165) is 25.4 Å². The standard InChI is InChI=1S/C20H24ClNO/c1-20(2,16-6-4-3-5-7-16)17-8-9-19(18(21)12-17)23-14-15-10-11-22-13-15/h3-9,12,15,22H,10-11,13-14H2,1-2H3. The first kappa shape index (κ1) is 16.4. The highest BCUT2D eigenvalue weighted by Gasteiger charge is 2.24. The predicted molar refractivity (Wildman–Crippen MR) is 96.5 cm³/mol. The quantitative estimate of drug-likeness (QED) is 0.861. The SMILES string of the molecule is CC(C)(c1ccccc1)c1ccc(OCC2CCNC2)c(Cl)c1. The topological polar surface area (TPSA) is 21.3 Å². The van der Waals surface area contributed by atoms with E-state index >= 15 is 0 Å². The maximum absolute atomic E-state index is 6.47. The van der Waals surface area contributed by atoms with Gasteiger partial charge in [0.15, 0.2) is 0 Å². The summed E-state index contributed by atoms with van der Waals surface area (Å²) in [5.41, 5.74) is 2.39. The average molecular weight is 330 g/mol. The second kappa shape index (κ2) is 6.94. The molecule has 0 aliphatic carbocycles. The summed E-state index contributed by atoms with van der Waals surface area (Å²) in [5.74, 6) is 1.37. The number of hydrogen-bond acceptors (Lipinski definition) is 2. The van der Waals surface area contributed by atoms with Crippen LogP contribution < -0.4 is 10.1 Å². The average Bonchev–Trinajstić information content (AvgIpc) is 3.08. The molecule has 1 aliphatic heterocycles. The molecule has 0 radical (unpaired) electrons. The van der Waals surface area contributed by atoms with Gasteiger partial charge in [0.05, 0.1) is 11.6 Å². The van der Waals surface area contributed by atoms with Gasteiger partial charge in [-0.2, -0.15) is 0 Å². The minimum absolute atomic E-state index is 0.0845. The molecule has 2 nitrogen and oxygen atoms in total. The van der Waals surface area contributed by atoms with Gasteiger partial charge in [-0.1, -0.05) is 61.8 Å². The van der Waals surface area contributed by atoms with Gasteiger partial charge in [-0.05, 0) is 36.2 Å². The minimum Gasteiger partial charge on any atom is -0.492 e. The molecule has 0 spiro atoms. The largest absolute Gasteiger partial charge is 0.492 e. The molecular formula is C20H24ClNO. The summed E-state index contributed by atoms with van der Waals surface area (Å²) in [5, 5.41) is 4.05. The maximum Gasteiger partial charge on any atom is 0.137 e. The van der Waals surface area contributed by atoms with Crippen molar-refractivity contribution in [3.05, 3.63) is 64.7 Å². The second-order valence-corrected chi connectivity index (χ2v) is 7.21. The highest BCUT2D eigenvalue weighted by atomic mass is 35.5. The van der Waals surface area contributed by atoms with Crippen molar-refractivity contribution >= 4 is 11.6 Å². The fourth-order valence-corrected chi connectivity index (χ4v) is 3.33. The van der Waals surface area contributed by atoms with E-state index in [1.165, 1.54) is 17.5 Å². The van der Waals surface area contributed by atoms with Gasteiger partial charge in [0.1, 0.15) is 5.75 Å². The monoisotopic (exact) mass is 329 g/mol. The van der Waals surface area contributed by atoms with Crippen molar-refractivity contribution in [3.8, 4) is 5.75 Å². The van der Waals surface area contributed by atoms with Crippen molar-refractivity contribution in [2.75, 3.05) is 19.7 Å². The molecule has 23 heavy (non-hydrogen) atoms. The molecule has 2 aromatic carbocycles. The Labute approximate surface area is 143 Å². The summed E-state index contributed by atoms with van der Waals surface area (Å²) in [6.45, 7) is 7.30. The number of benzene rings is 2. The van der Waals surface area contributed by atoms with Crippen LogP contribution in [0.2, 0.25) is 5.02 Å². The van der Waals surface area contributed by atoms with Crippen LogP contribution in [0.3, 0.4) is 0 Å².